The Morgan fingerprint density at radius 2 is 0.911 bits per heavy atom. The van der Waals surface area contributed by atoms with Gasteiger partial charge >= 0.3 is 0 Å². The molecule has 2 aliphatic carbocycles. The molecule has 0 N–H and O–H groups in total. The molecule has 56 heavy (non-hydrogen) atoms. The predicted molar refractivity (Wildman–Crippen MR) is 236 cm³/mol. The van der Waals surface area contributed by atoms with E-state index in [2.05, 4.69) is 196 Å². The first-order valence-electron chi connectivity index (χ1n) is 19.8. The van der Waals surface area contributed by atoms with Crippen LogP contribution in [-0.2, 0) is 10.8 Å². The van der Waals surface area contributed by atoms with Gasteiger partial charge in [0.25, 0.3) is 0 Å². The number of furan rings is 1. The van der Waals surface area contributed by atoms with Crippen LogP contribution in [-0.4, -0.2) is 0 Å². The van der Waals surface area contributed by atoms with Gasteiger partial charge in [0, 0.05) is 44.1 Å². The molecule has 9 aromatic carbocycles. The van der Waals surface area contributed by atoms with Gasteiger partial charge in [0.15, 0.2) is 0 Å². The van der Waals surface area contributed by atoms with Crippen molar-refractivity contribution >= 4 is 71.3 Å². The Balaban J connectivity index is 1.23. The average Bonchev–Trinajstić information content (AvgIpc) is 3.80. The third kappa shape index (κ3) is 4.06. The molecule has 1 heterocycles. The third-order valence-electron chi connectivity index (χ3n) is 13.2. The number of para-hydroxylation sites is 1. The van der Waals surface area contributed by atoms with Gasteiger partial charge in [-0.2, -0.15) is 0 Å². The van der Waals surface area contributed by atoms with Gasteiger partial charge in [-0.05, 0) is 102 Å². The van der Waals surface area contributed by atoms with Gasteiger partial charge in [-0.3, -0.25) is 0 Å². The molecular formula is C54H39NO. The van der Waals surface area contributed by atoms with Gasteiger partial charge in [-0.1, -0.05) is 155 Å². The average molecular weight is 718 g/mol. The Morgan fingerprint density at radius 3 is 1.62 bits per heavy atom. The molecule has 0 bridgehead atoms. The SMILES string of the molecule is CC1(C)c2ccccc2-c2cc(N(c3ccc4c5ccccc5c5ccccc5c4c3)c3cc4c(oc5ccccc54)c4c3-c3ccccc3C4(C)C)ccc21. The molecule has 2 nitrogen and oxygen atoms in total. The number of hydrogen-bond acceptors (Lipinski definition) is 2. The summed E-state index contributed by atoms with van der Waals surface area (Å²) in [5.41, 5.74) is 15.4. The van der Waals surface area contributed by atoms with Crippen LogP contribution in [0.15, 0.2) is 168 Å². The van der Waals surface area contributed by atoms with E-state index in [0.29, 0.717) is 0 Å². The van der Waals surface area contributed by atoms with Crippen LogP contribution < -0.4 is 4.90 Å². The summed E-state index contributed by atoms with van der Waals surface area (Å²) in [7, 11) is 0. The fourth-order valence-corrected chi connectivity index (χ4v) is 10.6. The maximum atomic E-state index is 6.86. The second-order valence-corrected chi connectivity index (χ2v) is 16.8. The number of nitrogens with zero attached hydrogens (tertiary/aromatic N) is 1. The van der Waals surface area contributed by atoms with Gasteiger partial charge in [-0.15, -0.1) is 0 Å². The Labute approximate surface area is 326 Å². The van der Waals surface area contributed by atoms with Crippen molar-refractivity contribution in [2.24, 2.45) is 0 Å². The lowest BCUT2D eigenvalue weighted by Crippen LogP contribution is -2.17. The second-order valence-electron chi connectivity index (χ2n) is 16.8. The lowest BCUT2D eigenvalue weighted by Gasteiger charge is -2.30. The molecule has 266 valence electrons. The molecule has 12 rings (SSSR count). The van der Waals surface area contributed by atoms with Crippen molar-refractivity contribution in [1.29, 1.82) is 0 Å². The van der Waals surface area contributed by atoms with E-state index in [0.717, 1.165) is 39.0 Å². The molecule has 0 fully saturated rings. The zero-order chi connectivity index (χ0) is 37.5. The van der Waals surface area contributed by atoms with Crippen LogP contribution in [0.1, 0.15) is 49.9 Å². The zero-order valence-electron chi connectivity index (χ0n) is 31.9. The summed E-state index contributed by atoms with van der Waals surface area (Å²) in [6, 6.07) is 60.9. The number of anilines is 3. The monoisotopic (exact) mass is 717 g/mol. The van der Waals surface area contributed by atoms with E-state index in [1.54, 1.807) is 0 Å². The Hall–Kier alpha value is -6.64. The van der Waals surface area contributed by atoms with Crippen molar-refractivity contribution in [3.8, 4) is 22.3 Å². The minimum Gasteiger partial charge on any atom is -0.456 e. The molecule has 2 heteroatoms. The lowest BCUT2D eigenvalue weighted by molar-refractivity contribution is 0.620. The normalized spacial score (nSPS) is 14.7. The largest absolute Gasteiger partial charge is 0.456 e. The molecule has 2 aliphatic rings. The standard InChI is InChI=1S/C54H39NO/c1-53(2)45-22-12-9-19-39(45)43-30-33(26-28-47(43)53)55(32-25-27-38-36-17-6-5-15-34(36)35-16-7-8-18-37(35)42(38)29-32)48-31-44-40-20-11-14-24-49(40)56-52(44)51-50(48)41-21-10-13-23-46(41)54(51,3)4/h5-31H,1-4H3. The fourth-order valence-electron chi connectivity index (χ4n) is 10.6. The highest BCUT2D eigenvalue weighted by Crippen LogP contribution is 2.59. The van der Waals surface area contributed by atoms with Crippen molar-refractivity contribution in [3.05, 3.63) is 186 Å². The van der Waals surface area contributed by atoms with Crippen molar-refractivity contribution in [2.45, 2.75) is 38.5 Å². The van der Waals surface area contributed by atoms with E-state index in [1.807, 2.05) is 0 Å². The highest BCUT2D eigenvalue weighted by molar-refractivity contribution is 6.26. The summed E-state index contributed by atoms with van der Waals surface area (Å²) in [4.78, 5) is 2.54. The van der Waals surface area contributed by atoms with E-state index in [-0.39, 0.29) is 10.8 Å². The molecule has 0 aliphatic heterocycles. The third-order valence-corrected chi connectivity index (χ3v) is 13.2. The van der Waals surface area contributed by atoms with Crippen LogP contribution in [0.2, 0.25) is 0 Å². The van der Waals surface area contributed by atoms with Crippen molar-refractivity contribution in [1.82, 2.24) is 0 Å². The van der Waals surface area contributed by atoms with Gasteiger partial charge in [0.05, 0.1) is 5.69 Å². The molecule has 0 amide bonds. The second kappa shape index (κ2) is 11.0. The molecule has 0 saturated carbocycles. The fraction of sp³-hybridized carbons (Fsp3) is 0.111. The maximum absolute atomic E-state index is 6.86. The van der Waals surface area contributed by atoms with Crippen LogP contribution in [0, 0.1) is 0 Å². The summed E-state index contributed by atoms with van der Waals surface area (Å²) in [6.45, 7) is 9.44. The molecule has 0 unspecified atom stereocenters. The number of fused-ring (bicyclic) bond motifs is 16. The van der Waals surface area contributed by atoms with Gasteiger partial charge in [-0.25, -0.2) is 0 Å². The summed E-state index contributed by atoms with van der Waals surface area (Å²) >= 11 is 0. The smallest absolute Gasteiger partial charge is 0.140 e. The van der Waals surface area contributed by atoms with Gasteiger partial charge in [0.2, 0.25) is 0 Å². The van der Waals surface area contributed by atoms with E-state index in [1.165, 1.54) is 76.8 Å². The number of rotatable bonds is 3. The highest BCUT2D eigenvalue weighted by Gasteiger charge is 2.42. The topological polar surface area (TPSA) is 16.4 Å². The first-order chi connectivity index (χ1) is 27.3. The molecule has 0 saturated heterocycles. The van der Waals surface area contributed by atoms with Crippen LogP contribution >= 0.6 is 0 Å². The zero-order valence-corrected chi connectivity index (χ0v) is 31.9. The summed E-state index contributed by atoms with van der Waals surface area (Å²) in [5, 5.41) is 9.90. The van der Waals surface area contributed by atoms with Gasteiger partial charge < -0.3 is 9.32 Å². The van der Waals surface area contributed by atoms with Gasteiger partial charge in [0.1, 0.15) is 11.2 Å². The van der Waals surface area contributed by atoms with Crippen LogP contribution in [0.4, 0.5) is 17.1 Å². The quantitative estimate of drug-likeness (QED) is 0.169. The molecule has 0 radical (unpaired) electrons. The summed E-state index contributed by atoms with van der Waals surface area (Å²) < 4.78 is 6.86. The van der Waals surface area contributed by atoms with Crippen LogP contribution in [0.3, 0.4) is 0 Å². The number of benzene rings is 9. The predicted octanol–water partition coefficient (Wildman–Crippen LogP) is 15.1. The van der Waals surface area contributed by atoms with Crippen LogP contribution in [0.25, 0.3) is 76.5 Å². The van der Waals surface area contributed by atoms with Crippen molar-refractivity contribution in [3.63, 3.8) is 0 Å². The molecule has 0 atom stereocenters. The minimum atomic E-state index is -0.279. The van der Waals surface area contributed by atoms with E-state index in [4.69, 9.17) is 4.42 Å². The minimum absolute atomic E-state index is 0.0863. The van der Waals surface area contributed by atoms with Crippen molar-refractivity contribution in [2.75, 3.05) is 4.90 Å². The maximum Gasteiger partial charge on any atom is 0.140 e. The number of hydrogen-bond donors (Lipinski definition) is 0. The lowest BCUT2D eigenvalue weighted by atomic mass is 9.81. The highest BCUT2D eigenvalue weighted by atomic mass is 16.3. The molecule has 1 aromatic heterocycles. The summed E-state index contributed by atoms with van der Waals surface area (Å²) in [6.07, 6.45) is 0. The molecule has 0 spiro atoms. The molecule has 10 aromatic rings. The van der Waals surface area contributed by atoms with Crippen LogP contribution in [0.5, 0.6) is 0 Å². The summed E-state index contributed by atoms with van der Waals surface area (Å²) in [5.74, 6) is 0. The van der Waals surface area contributed by atoms with E-state index < -0.39 is 0 Å². The van der Waals surface area contributed by atoms with E-state index >= 15 is 0 Å². The van der Waals surface area contributed by atoms with Crippen molar-refractivity contribution < 1.29 is 4.42 Å². The van der Waals surface area contributed by atoms with E-state index in [9.17, 15) is 0 Å². The Morgan fingerprint density at radius 1 is 0.393 bits per heavy atom. The Bertz CT molecular complexity index is 3290. The molecular weight excluding hydrogens is 679 g/mol. The first kappa shape index (κ1) is 31.7. The Kier molecular flexibility index (Phi) is 6.22. The first-order valence-corrected chi connectivity index (χ1v) is 19.8.